The normalized spacial score (nSPS) is 21.5. The zero-order valence-electron chi connectivity index (χ0n) is 11.3. The number of rotatable bonds is 6. The van der Waals surface area contributed by atoms with E-state index in [-0.39, 0.29) is 5.24 Å². The maximum atomic E-state index is 12.0. The number of methoxy groups -OCH3 is 1. The first kappa shape index (κ1) is 15.0. The molecule has 100 valence electrons. The van der Waals surface area contributed by atoms with Crippen LogP contribution in [-0.2, 0) is 9.53 Å². The minimum absolute atomic E-state index is 0.194. The van der Waals surface area contributed by atoms with Gasteiger partial charge in [-0.3, -0.25) is 4.79 Å². The topological polar surface area (TPSA) is 26.3 Å². The summed E-state index contributed by atoms with van der Waals surface area (Å²) >= 11 is 5.94. The van der Waals surface area contributed by atoms with Gasteiger partial charge in [-0.15, -0.1) is 0 Å². The molecular weight excluding hydrogens is 236 g/mol. The molecule has 0 saturated heterocycles. The number of carbonyl (C=O) groups is 1. The predicted molar refractivity (Wildman–Crippen MR) is 71.2 cm³/mol. The molecule has 3 heteroatoms. The van der Waals surface area contributed by atoms with Crippen molar-refractivity contribution in [3.8, 4) is 0 Å². The summed E-state index contributed by atoms with van der Waals surface area (Å²) in [4.78, 5) is 12.0. The number of ether oxygens (including phenoxy) is 1. The largest absolute Gasteiger partial charge is 0.384 e. The molecule has 1 unspecified atom stereocenters. The van der Waals surface area contributed by atoms with Gasteiger partial charge in [0, 0.05) is 7.11 Å². The first-order valence-corrected chi connectivity index (χ1v) is 7.09. The zero-order valence-corrected chi connectivity index (χ0v) is 12.1. The molecule has 17 heavy (non-hydrogen) atoms. The van der Waals surface area contributed by atoms with Crippen LogP contribution in [0.15, 0.2) is 0 Å². The van der Waals surface area contributed by atoms with Crippen LogP contribution in [0.3, 0.4) is 0 Å². The molecule has 0 amide bonds. The SMILES string of the molecule is COCC(CC(C)C)(C(=O)Cl)C1CCCCC1. The number of carbonyl (C=O) groups excluding carboxylic acids is 1. The van der Waals surface area contributed by atoms with Gasteiger partial charge in [-0.05, 0) is 42.7 Å². The van der Waals surface area contributed by atoms with E-state index in [1.807, 2.05) is 0 Å². The fourth-order valence-corrected chi connectivity index (χ4v) is 3.57. The Morgan fingerprint density at radius 3 is 2.35 bits per heavy atom. The Balaban J connectivity index is 2.90. The minimum Gasteiger partial charge on any atom is -0.384 e. The van der Waals surface area contributed by atoms with Gasteiger partial charge in [-0.1, -0.05) is 33.1 Å². The molecule has 0 aromatic heterocycles. The summed E-state index contributed by atoms with van der Waals surface area (Å²) in [5.41, 5.74) is -0.453. The average molecular weight is 261 g/mol. The van der Waals surface area contributed by atoms with Gasteiger partial charge in [-0.25, -0.2) is 0 Å². The second-order valence-corrected chi connectivity index (χ2v) is 6.14. The summed E-state index contributed by atoms with van der Waals surface area (Å²) in [7, 11) is 1.66. The summed E-state index contributed by atoms with van der Waals surface area (Å²) < 4.78 is 5.32. The van der Waals surface area contributed by atoms with Crippen molar-refractivity contribution in [2.24, 2.45) is 17.3 Å². The maximum absolute atomic E-state index is 12.0. The lowest BCUT2D eigenvalue weighted by molar-refractivity contribution is -0.130. The maximum Gasteiger partial charge on any atom is 0.230 e. The third-order valence-electron chi connectivity index (χ3n) is 3.95. The number of hydrogen-bond donors (Lipinski definition) is 0. The first-order chi connectivity index (χ1) is 8.03. The van der Waals surface area contributed by atoms with Crippen LogP contribution < -0.4 is 0 Å². The molecule has 1 atom stereocenters. The van der Waals surface area contributed by atoms with Gasteiger partial charge in [0.2, 0.25) is 5.24 Å². The molecular formula is C14H25ClO2. The van der Waals surface area contributed by atoms with Gasteiger partial charge < -0.3 is 4.74 Å². The van der Waals surface area contributed by atoms with E-state index >= 15 is 0 Å². The van der Waals surface area contributed by atoms with E-state index in [1.165, 1.54) is 19.3 Å². The van der Waals surface area contributed by atoms with Crippen molar-refractivity contribution in [1.82, 2.24) is 0 Å². The van der Waals surface area contributed by atoms with Crippen molar-refractivity contribution in [1.29, 1.82) is 0 Å². The van der Waals surface area contributed by atoms with Crippen LogP contribution in [0.25, 0.3) is 0 Å². The molecule has 1 aliphatic carbocycles. The fraction of sp³-hybridized carbons (Fsp3) is 0.929. The Hall–Kier alpha value is -0.0800. The molecule has 1 saturated carbocycles. The Morgan fingerprint density at radius 1 is 1.35 bits per heavy atom. The van der Waals surface area contributed by atoms with Gasteiger partial charge in [-0.2, -0.15) is 0 Å². The van der Waals surface area contributed by atoms with E-state index in [9.17, 15) is 4.79 Å². The van der Waals surface area contributed by atoms with Crippen LogP contribution in [0.5, 0.6) is 0 Å². The van der Waals surface area contributed by atoms with Crippen molar-refractivity contribution in [2.45, 2.75) is 52.4 Å². The molecule has 0 spiro atoms. The highest BCUT2D eigenvalue weighted by Crippen LogP contribution is 2.44. The second-order valence-electron chi connectivity index (χ2n) is 5.80. The minimum atomic E-state index is -0.453. The Morgan fingerprint density at radius 2 is 1.94 bits per heavy atom. The highest BCUT2D eigenvalue weighted by Gasteiger charge is 2.45. The lowest BCUT2D eigenvalue weighted by atomic mass is 9.66. The summed E-state index contributed by atoms with van der Waals surface area (Å²) in [6, 6.07) is 0. The molecule has 0 aliphatic heterocycles. The summed E-state index contributed by atoms with van der Waals surface area (Å²) in [6.07, 6.45) is 6.81. The monoisotopic (exact) mass is 260 g/mol. The highest BCUT2D eigenvalue weighted by atomic mass is 35.5. The Kier molecular flexibility index (Phi) is 5.94. The highest BCUT2D eigenvalue weighted by molar-refractivity contribution is 6.64. The van der Waals surface area contributed by atoms with Crippen LogP contribution in [0.1, 0.15) is 52.4 Å². The molecule has 1 rings (SSSR count). The molecule has 0 aromatic rings. The molecule has 0 heterocycles. The number of hydrogen-bond acceptors (Lipinski definition) is 2. The fourth-order valence-electron chi connectivity index (χ4n) is 3.28. The van der Waals surface area contributed by atoms with Crippen LogP contribution in [0.4, 0.5) is 0 Å². The van der Waals surface area contributed by atoms with Gasteiger partial charge in [0.1, 0.15) is 0 Å². The quantitative estimate of drug-likeness (QED) is 0.675. The van der Waals surface area contributed by atoms with Crippen LogP contribution >= 0.6 is 11.6 Å². The van der Waals surface area contributed by atoms with Crippen LogP contribution in [0.2, 0.25) is 0 Å². The van der Waals surface area contributed by atoms with E-state index in [1.54, 1.807) is 7.11 Å². The van der Waals surface area contributed by atoms with Gasteiger partial charge in [0.25, 0.3) is 0 Å². The van der Waals surface area contributed by atoms with Gasteiger partial charge in [0.05, 0.1) is 12.0 Å². The van der Waals surface area contributed by atoms with Crippen molar-refractivity contribution in [3.05, 3.63) is 0 Å². The van der Waals surface area contributed by atoms with E-state index in [0.29, 0.717) is 18.4 Å². The van der Waals surface area contributed by atoms with Crippen molar-refractivity contribution >= 4 is 16.8 Å². The average Bonchev–Trinajstić information content (AvgIpc) is 2.28. The Bertz CT molecular complexity index is 247. The van der Waals surface area contributed by atoms with Crippen LogP contribution in [-0.4, -0.2) is 19.0 Å². The second kappa shape index (κ2) is 6.75. The zero-order chi connectivity index (χ0) is 12.9. The first-order valence-electron chi connectivity index (χ1n) is 6.72. The van der Waals surface area contributed by atoms with E-state index < -0.39 is 5.41 Å². The third-order valence-corrected chi connectivity index (χ3v) is 4.33. The van der Waals surface area contributed by atoms with Gasteiger partial charge in [0.15, 0.2) is 0 Å². The summed E-state index contributed by atoms with van der Waals surface area (Å²) in [5, 5.41) is -0.194. The summed E-state index contributed by atoms with van der Waals surface area (Å²) in [6.45, 7) is 4.76. The lowest BCUT2D eigenvalue weighted by Crippen LogP contribution is -2.42. The van der Waals surface area contributed by atoms with E-state index in [0.717, 1.165) is 19.3 Å². The lowest BCUT2D eigenvalue weighted by Gasteiger charge is -2.40. The van der Waals surface area contributed by atoms with Crippen molar-refractivity contribution < 1.29 is 9.53 Å². The van der Waals surface area contributed by atoms with Crippen LogP contribution in [0, 0.1) is 17.3 Å². The van der Waals surface area contributed by atoms with E-state index in [4.69, 9.17) is 16.3 Å². The molecule has 0 N–H and O–H groups in total. The standard InChI is InChI=1S/C14H25ClO2/c1-11(2)9-14(10-17-3,13(15)16)12-7-5-4-6-8-12/h11-12H,4-10H2,1-3H3. The third kappa shape index (κ3) is 3.69. The number of halogens is 1. The van der Waals surface area contributed by atoms with E-state index in [2.05, 4.69) is 13.8 Å². The molecule has 1 fully saturated rings. The molecule has 0 radical (unpaired) electrons. The van der Waals surface area contributed by atoms with Gasteiger partial charge >= 0.3 is 0 Å². The smallest absolute Gasteiger partial charge is 0.230 e. The molecule has 1 aliphatic rings. The molecule has 0 aromatic carbocycles. The molecule has 0 bridgehead atoms. The predicted octanol–water partition coefficient (Wildman–Crippen LogP) is 4.01. The molecule has 2 nitrogen and oxygen atoms in total. The van der Waals surface area contributed by atoms with Crippen molar-refractivity contribution in [3.63, 3.8) is 0 Å². The van der Waals surface area contributed by atoms with Crippen molar-refractivity contribution in [2.75, 3.05) is 13.7 Å². The summed E-state index contributed by atoms with van der Waals surface area (Å²) in [5.74, 6) is 0.873. The Labute approximate surface area is 110 Å².